The first-order valence-corrected chi connectivity index (χ1v) is 10.6. The van der Waals surface area contributed by atoms with Crippen molar-refractivity contribution in [3.05, 3.63) is 0 Å². The summed E-state index contributed by atoms with van der Waals surface area (Å²) in [7, 11) is 0. The molecule has 0 aliphatic rings. The molecule has 8 nitrogen and oxygen atoms in total. The van der Waals surface area contributed by atoms with E-state index in [9.17, 15) is 10.2 Å². The highest BCUT2D eigenvalue weighted by Crippen LogP contribution is 2.24. The second-order valence-electron chi connectivity index (χ2n) is 7.85. The highest BCUT2D eigenvalue weighted by atomic mass is 16.5. The molecule has 0 saturated carbocycles. The predicted molar refractivity (Wildman–Crippen MR) is 111 cm³/mol. The van der Waals surface area contributed by atoms with Crippen molar-refractivity contribution >= 4 is 0 Å². The average Bonchev–Trinajstić information content (AvgIpc) is 2.64. The van der Waals surface area contributed by atoms with Crippen molar-refractivity contribution in [2.75, 3.05) is 0 Å². The van der Waals surface area contributed by atoms with E-state index in [1.54, 1.807) is 0 Å². The molecule has 0 amide bonds. The van der Waals surface area contributed by atoms with E-state index in [0.717, 1.165) is 12.8 Å². The van der Waals surface area contributed by atoms with Crippen LogP contribution in [0, 0.1) is 0 Å². The Balaban J connectivity index is 0. The molecule has 28 heavy (non-hydrogen) atoms. The van der Waals surface area contributed by atoms with E-state index in [-0.39, 0.29) is 12.8 Å². The minimum absolute atomic E-state index is 0.216. The largest absolute Gasteiger partial charge is 0.391 e. The van der Waals surface area contributed by atoms with Crippen LogP contribution in [0.5, 0.6) is 0 Å². The highest BCUT2D eigenvalue weighted by molar-refractivity contribution is 4.91. The Kier molecular flexibility index (Phi) is 16.6. The molecule has 0 fully saturated rings. The maximum absolute atomic E-state index is 9.73. The van der Waals surface area contributed by atoms with Gasteiger partial charge in [-0.25, -0.2) is 0 Å². The molecule has 0 bridgehead atoms. The smallest absolute Gasteiger partial charge is 0.151 e. The zero-order valence-electron chi connectivity index (χ0n) is 18.2. The number of aliphatic hydroxyl groups is 6. The molecule has 0 aliphatic heterocycles. The van der Waals surface area contributed by atoms with Crippen LogP contribution >= 0.6 is 0 Å². The van der Waals surface area contributed by atoms with Crippen LogP contribution in [0.4, 0.5) is 0 Å². The van der Waals surface area contributed by atoms with Crippen LogP contribution in [0.1, 0.15) is 91.9 Å². The van der Waals surface area contributed by atoms with E-state index < -0.39 is 35.9 Å². The quantitative estimate of drug-likeness (QED) is 0.193. The Bertz CT molecular complexity index is 339. The summed E-state index contributed by atoms with van der Waals surface area (Å²) < 4.78 is 0. The van der Waals surface area contributed by atoms with E-state index in [1.165, 1.54) is 0 Å². The SMILES string of the molecule is CCCC(N)(CCC(O)O)C(O)CC.CCCC(N)(CCC(O)O)C(O)CC. The zero-order chi connectivity index (χ0) is 22.4. The molecule has 0 spiro atoms. The first-order chi connectivity index (χ1) is 12.9. The van der Waals surface area contributed by atoms with Crippen molar-refractivity contribution in [2.24, 2.45) is 11.5 Å². The summed E-state index contributed by atoms with van der Waals surface area (Å²) in [5.74, 6) is 0. The Morgan fingerprint density at radius 1 is 0.571 bits per heavy atom. The fraction of sp³-hybridized carbons (Fsp3) is 1.00. The second kappa shape index (κ2) is 15.5. The molecular formula is C20H46N2O6. The van der Waals surface area contributed by atoms with E-state index in [0.29, 0.717) is 38.5 Å². The van der Waals surface area contributed by atoms with Crippen molar-refractivity contribution in [1.82, 2.24) is 0 Å². The number of nitrogens with two attached hydrogens (primary N) is 2. The number of hydrogen-bond acceptors (Lipinski definition) is 8. The zero-order valence-corrected chi connectivity index (χ0v) is 18.2. The molecule has 10 N–H and O–H groups in total. The third-order valence-corrected chi connectivity index (χ3v) is 5.27. The molecule has 0 aliphatic carbocycles. The summed E-state index contributed by atoms with van der Waals surface area (Å²) >= 11 is 0. The molecular weight excluding hydrogens is 364 g/mol. The normalized spacial score (nSPS) is 18.2. The predicted octanol–water partition coefficient (Wildman–Crippen LogP) is 0.692. The molecule has 0 rings (SSSR count). The number of rotatable bonds is 14. The Morgan fingerprint density at radius 3 is 1.04 bits per heavy atom. The molecule has 172 valence electrons. The van der Waals surface area contributed by atoms with Crippen LogP contribution in [0.3, 0.4) is 0 Å². The first-order valence-electron chi connectivity index (χ1n) is 10.6. The summed E-state index contributed by atoms with van der Waals surface area (Å²) in [6.45, 7) is 7.74. The molecule has 0 saturated heterocycles. The maximum Gasteiger partial charge on any atom is 0.151 e. The third-order valence-electron chi connectivity index (χ3n) is 5.27. The van der Waals surface area contributed by atoms with Gasteiger partial charge in [0.1, 0.15) is 0 Å². The lowest BCUT2D eigenvalue weighted by atomic mass is 9.83. The lowest BCUT2D eigenvalue weighted by Gasteiger charge is -2.34. The fourth-order valence-corrected chi connectivity index (χ4v) is 3.46. The Hall–Kier alpha value is -0.320. The van der Waals surface area contributed by atoms with E-state index >= 15 is 0 Å². The molecule has 0 heterocycles. The van der Waals surface area contributed by atoms with Crippen LogP contribution in [0.25, 0.3) is 0 Å². The van der Waals surface area contributed by atoms with Gasteiger partial charge in [-0.1, -0.05) is 40.5 Å². The molecule has 4 unspecified atom stereocenters. The minimum Gasteiger partial charge on any atom is -0.391 e. The second-order valence-corrected chi connectivity index (χ2v) is 7.85. The van der Waals surface area contributed by atoms with Gasteiger partial charge in [0, 0.05) is 11.1 Å². The van der Waals surface area contributed by atoms with Crippen molar-refractivity contribution < 1.29 is 30.6 Å². The van der Waals surface area contributed by atoms with Crippen LogP contribution in [0.2, 0.25) is 0 Å². The van der Waals surface area contributed by atoms with Crippen molar-refractivity contribution in [3.63, 3.8) is 0 Å². The van der Waals surface area contributed by atoms with Crippen LogP contribution in [-0.4, -0.2) is 66.5 Å². The highest BCUT2D eigenvalue weighted by Gasteiger charge is 2.32. The van der Waals surface area contributed by atoms with Crippen molar-refractivity contribution in [3.8, 4) is 0 Å². The third kappa shape index (κ3) is 12.3. The van der Waals surface area contributed by atoms with Gasteiger partial charge in [-0.3, -0.25) is 0 Å². The summed E-state index contributed by atoms with van der Waals surface area (Å²) in [5, 5.41) is 54.5. The number of hydrogen-bond donors (Lipinski definition) is 8. The van der Waals surface area contributed by atoms with E-state index in [1.807, 2.05) is 27.7 Å². The van der Waals surface area contributed by atoms with Gasteiger partial charge in [-0.2, -0.15) is 0 Å². The van der Waals surface area contributed by atoms with Gasteiger partial charge in [0.2, 0.25) is 0 Å². The summed E-state index contributed by atoms with van der Waals surface area (Å²) in [6.07, 6.45) is 1.87. The molecule has 8 heteroatoms. The van der Waals surface area contributed by atoms with Gasteiger partial charge in [-0.15, -0.1) is 0 Å². The van der Waals surface area contributed by atoms with Crippen LogP contribution in [-0.2, 0) is 0 Å². The lowest BCUT2D eigenvalue weighted by Crippen LogP contribution is -2.51. The molecule has 4 atom stereocenters. The van der Waals surface area contributed by atoms with Crippen LogP contribution < -0.4 is 11.5 Å². The average molecular weight is 411 g/mol. The molecule has 0 aromatic heterocycles. The van der Waals surface area contributed by atoms with Gasteiger partial charge < -0.3 is 42.1 Å². The standard InChI is InChI=1S/2C10H23NO3/c2*1-3-6-10(11,8(12)4-2)7-5-9(13)14/h2*8-9,12-14H,3-7,11H2,1-2H3. The van der Waals surface area contributed by atoms with E-state index in [4.69, 9.17) is 31.9 Å². The van der Waals surface area contributed by atoms with Gasteiger partial charge in [0.15, 0.2) is 12.6 Å². The van der Waals surface area contributed by atoms with Gasteiger partial charge in [-0.05, 0) is 51.4 Å². The van der Waals surface area contributed by atoms with Gasteiger partial charge >= 0.3 is 0 Å². The fourth-order valence-electron chi connectivity index (χ4n) is 3.46. The topological polar surface area (TPSA) is 173 Å². The number of aliphatic hydroxyl groups excluding tert-OH is 4. The lowest BCUT2D eigenvalue weighted by molar-refractivity contribution is -0.0563. The van der Waals surface area contributed by atoms with Crippen LogP contribution in [0.15, 0.2) is 0 Å². The summed E-state index contributed by atoms with van der Waals surface area (Å²) in [6, 6.07) is 0. The monoisotopic (exact) mass is 410 g/mol. The van der Waals surface area contributed by atoms with Crippen molar-refractivity contribution in [1.29, 1.82) is 0 Å². The maximum atomic E-state index is 9.73. The Labute approximate surface area is 170 Å². The van der Waals surface area contributed by atoms with E-state index in [2.05, 4.69) is 0 Å². The molecule has 0 radical (unpaired) electrons. The Morgan fingerprint density at radius 2 is 0.857 bits per heavy atom. The summed E-state index contributed by atoms with van der Waals surface area (Å²) in [5.41, 5.74) is 10.7. The molecule has 0 aromatic rings. The summed E-state index contributed by atoms with van der Waals surface area (Å²) in [4.78, 5) is 0. The molecule has 0 aromatic carbocycles. The van der Waals surface area contributed by atoms with Gasteiger partial charge in [0.05, 0.1) is 12.2 Å². The first kappa shape index (κ1) is 29.9. The minimum atomic E-state index is -1.33. The van der Waals surface area contributed by atoms with Gasteiger partial charge in [0.25, 0.3) is 0 Å². The van der Waals surface area contributed by atoms with Crippen molar-refractivity contribution in [2.45, 2.75) is 128 Å².